The third-order valence-electron chi connectivity index (χ3n) is 4.37. The van der Waals surface area contributed by atoms with Crippen LogP contribution in [0, 0.1) is 5.92 Å². The van der Waals surface area contributed by atoms with Crippen molar-refractivity contribution in [2.24, 2.45) is 5.92 Å². The van der Waals surface area contributed by atoms with Gasteiger partial charge in [0, 0.05) is 13.0 Å². The van der Waals surface area contributed by atoms with Gasteiger partial charge in [-0.05, 0) is 52.0 Å². The molecule has 7 nitrogen and oxygen atoms in total. The van der Waals surface area contributed by atoms with Crippen LogP contribution in [0.4, 0.5) is 4.79 Å². The van der Waals surface area contributed by atoms with Gasteiger partial charge in [-0.2, -0.15) is 0 Å². The second kappa shape index (κ2) is 13.6. The predicted octanol–water partition coefficient (Wildman–Crippen LogP) is 4.36. The highest BCUT2D eigenvalue weighted by atomic mass is 16.7. The monoisotopic (exact) mass is 434 g/mol. The molecule has 0 heterocycles. The zero-order valence-electron chi connectivity index (χ0n) is 18.7. The van der Waals surface area contributed by atoms with Gasteiger partial charge in [-0.1, -0.05) is 43.0 Å². The SMILES string of the molecule is C=CC(CCC(C(=O)CCCCO)C(=O)OCc1ccccc1)OC(=O)OC(C)(C)C. The van der Waals surface area contributed by atoms with Crippen molar-refractivity contribution in [3.8, 4) is 0 Å². The molecule has 0 radical (unpaired) electrons. The number of hydrogen-bond donors (Lipinski definition) is 1. The summed E-state index contributed by atoms with van der Waals surface area (Å²) in [5.74, 6) is -1.85. The highest BCUT2D eigenvalue weighted by Crippen LogP contribution is 2.19. The van der Waals surface area contributed by atoms with Crippen LogP contribution in [0.5, 0.6) is 0 Å². The van der Waals surface area contributed by atoms with Crippen molar-refractivity contribution in [2.75, 3.05) is 6.61 Å². The molecule has 0 saturated carbocycles. The molecule has 7 heteroatoms. The molecule has 0 fully saturated rings. The van der Waals surface area contributed by atoms with Crippen LogP contribution in [-0.2, 0) is 30.4 Å². The average Bonchev–Trinajstić information content (AvgIpc) is 2.71. The third-order valence-corrected chi connectivity index (χ3v) is 4.37. The van der Waals surface area contributed by atoms with Crippen LogP contribution in [0.15, 0.2) is 43.0 Å². The zero-order valence-corrected chi connectivity index (χ0v) is 18.7. The van der Waals surface area contributed by atoms with Crippen molar-refractivity contribution in [1.82, 2.24) is 0 Å². The molecule has 1 rings (SSSR count). The maximum Gasteiger partial charge on any atom is 0.509 e. The molecule has 0 aliphatic heterocycles. The number of unbranched alkanes of at least 4 members (excludes halogenated alkanes) is 1. The van der Waals surface area contributed by atoms with Gasteiger partial charge in [0.05, 0.1) is 0 Å². The third kappa shape index (κ3) is 11.3. The molecular formula is C24H34O7. The first kappa shape index (κ1) is 26.4. The lowest BCUT2D eigenvalue weighted by Gasteiger charge is -2.22. The second-order valence-corrected chi connectivity index (χ2v) is 8.23. The van der Waals surface area contributed by atoms with E-state index in [1.165, 1.54) is 6.08 Å². The number of ketones is 1. The lowest BCUT2D eigenvalue weighted by atomic mass is 9.93. The minimum Gasteiger partial charge on any atom is -0.460 e. The number of Topliss-reactive ketones (excluding diaryl/α,β-unsaturated/α-hetero) is 1. The molecule has 2 atom stereocenters. The number of carbonyl (C=O) groups excluding carboxylic acids is 3. The Morgan fingerprint density at radius 1 is 1.10 bits per heavy atom. The summed E-state index contributed by atoms with van der Waals surface area (Å²) in [6.45, 7) is 8.88. The van der Waals surface area contributed by atoms with Crippen molar-refractivity contribution in [3.05, 3.63) is 48.6 Å². The minimum absolute atomic E-state index is 0.0152. The summed E-state index contributed by atoms with van der Waals surface area (Å²) in [4.78, 5) is 37.2. The zero-order chi connectivity index (χ0) is 23.3. The number of aliphatic hydroxyl groups is 1. The molecule has 172 valence electrons. The highest BCUT2D eigenvalue weighted by molar-refractivity contribution is 5.98. The topological polar surface area (TPSA) is 99.1 Å². The number of esters is 1. The lowest BCUT2D eigenvalue weighted by molar-refractivity contribution is -0.153. The lowest BCUT2D eigenvalue weighted by Crippen LogP contribution is -2.29. The van der Waals surface area contributed by atoms with Gasteiger partial charge in [0.15, 0.2) is 0 Å². The molecule has 31 heavy (non-hydrogen) atoms. The van der Waals surface area contributed by atoms with Crippen molar-refractivity contribution in [2.45, 2.75) is 71.2 Å². The maximum absolute atomic E-state index is 12.7. The van der Waals surface area contributed by atoms with Gasteiger partial charge < -0.3 is 19.3 Å². The molecular weight excluding hydrogens is 400 g/mol. The Morgan fingerprint density at radius 3 is 2.35 bits per heavy atom. The number of aliphatic hydroxyl groups excluding tert-OH is 1. The van der Waals surface area contributed by atoms with E-state index in [9.17, 15) is 14.4 Å². The fourth-order valence-electron chi connectivity index (χ4n) is 2.78. The van der Waals surface area contributed by atoms with Crippen molar-refractivity contribution < 1.29 is 33.7 Å². The van der Waals surface area contributed by atoms with E-state index in [0.29, 0.717) is 12.8 Å². The van der Waals surface area contributed by atoms with Gasteiger partial charge >= 0.3 is 12.1 Å². The van der Waals surface area contributed by atoms with Crippen molar-refractivity contribution in [3.63, 3.8) is 0 Å². The number of rotatable bonds is 13. The molecule has 1 N–H and O–H groups in total. The highest BCUT2D eigenvalue weighted by Gasteiger charge is 2.29. The maximum atomic E-state index is 12.7. The first-order valence-corrected chi connectivity index (χ1v) is 10.5. The summed E-state index contributed by atoms with van der Waals surface area (Å²) in [5.41, 5.74) is 0.120. The van der Waals surface area contributed by atoms with Gasteiger partial charge in [-0.25, -0.2) is 4.79 Å². The summed E-state index contributed by atoms with van der Waals surface area (Å²) in [5, 5.41) is 8.94. The molecule has 2 unspecified atom stereocenters. The van der Waals surface area contributed by atoms with E-state index < -0.39 is 29.7 Å². The Labute approximate surface area is 184 Å². The molecule has 1 aromatic rings. The van der Waals surface area contributed by atoms with Crippen LogP contribution < -0.4 is 0 Å². The number of hydrogen-bond acceptors (Lipinski definition) is 7. The largest absolute Gasteiger partial charge is 0.509 e. The predicted molar refractivity (Wildman–Crippen MR) is 116 cm³/mol. The average molecular weight is 435 g/mol. The molecule has 0 amide bonds. The number of ether oxygens (including phenoxy) is 3. The van der Waals surface area contributed by atoms with E-state index in [4.69, 9.17) is 19.3 Å². The Bertz CT molecular complexity index is 706. The van der Waals surface area contributed by atoms with E-state index in [1.807, 2.05) is 30.3 Å². The van der Waals surface area contributed by atoms with E-state index in [0.717, 1.165) is 5.56 Å². The fraction of sp³-hybridized carbons (Fsp3) is 0.542. The molecule has 0 bridgehead atoms. The Balaban J connectivity index is 2.73. The Hall–Kier alpha value is -2.67. The number of carbonyl (C=O) groups is 3. The summed E-state index contributed by atoms with van der Waals surface area (Å²) in [6, 6.07) is 9.19. The van der Waals surface area contributed by atoms with Crippen LogP contribution in [-0.4, -0.2) is 41.3 Å². The summed E-state index contributed by atoms with van der Waals surface area (Å²) in [7, 11) is 0. The minimum atomic E-state index is -0.980. The van der Waals surface area contributed by atoms with Crippen LogP contribution in [0.3, 0.4) is 0 Å². The van der Waals surface area contributed by atoms with Gasteiger partial charge in [-0.3, -0.25) is 9.59 Å². The Morgan fingerprint density at radius 2 is 1.77 bits per heavy atom. The van der Waals surface area contributed by atoms with Gasteiger partial charge in [0.25, 0.3) is 0 Å². The molecule has 0 spiro atoms. The van der Waals surface area contributed by atoms with E-state index >= 15 is 0 Å². The molecule has 1 aromatic carbocycles. The van der Waals surface area contributed by atoms with Crippen molar-refractivity contribution in [1.29, 1.82) is 0 Å². The second-order valence-electron chi connectivity index (χ2n) is 8.23. The van der Waals surface area contributed by atoms with E-state index in [2.05, 4.69) is 6.58 Å². The number of benzene rings is 1. The van der Waals surface area contributed by atoms with Crippen molar-refractivity contribution >= 4 is 17.9 Å². The van der Waals surface area contributed by atoms with Crippen LogP contribution in [0.25, 0.3) is 0 Å². The Kier molecular flexibility index (Phi) is 11.6. The first-order chi connectivity index (χ1) is 14.7. The van der Waals surface area contributed by atoms with Gasteiger partial charge in [0.2, 0.25) is 0 Å². The quantitative estimate of drug-likeness (QED) is 0.213. The van der Waals surface area contributed by atoms with Gasteiger partial charge in [-0.15, -0.1) is 0 Å². The van der Waals surface area contributed by atoms with Crippen LogP contribution in [0.1, 0.15) is 58.4 Å². The normalized spacial score (nSPS) is 13.0. The first-order valence-electron chi connectivity index (χ1n) is 10.5. The fourth-order valence-corrected chi connectivity index (χ4v) is 2.78. The van der Waals surface area contributed by atoms with E-state index in [1.54, 1.807) is 20.8 Å². The van der Waals surface area contributed by atoms with Crippen LogP contribution in [0.2, 0.25) is 0 Å². The summed E-state index contributed by atoms with van der Waals surface area (Å²) in [6.07, 6.45) is 1.39. The molecule has 0 aromatic heterocycles. The molecule has 0 aliphatic rings. The van der Waals surface area contributed by atoms with E-state index in [-0.39, 0.29) is 38.3 Å². The smallest absolute Gasteiger partial charge is 0.460 e. The summed E-state index contributed by atoms with van der Waals surface area (Å²) < 4.78 is 15.7. The van der Waals surface area contributed by atoms with Crippen LogP contribution >= 0.6 is 0 Å². The van der Waals surface area contributed by atoms with Gasteiger partial charge in [0.1, 0.15) is 30.0 Å². The standard InChI is InChI=1S/C24H34O7/c1-5-19(30-23(28)31-24(2,3)4)14-15-20(21(26)13-9-10-16-25)22(27)29-17-18-11-7-6-8-12-18/h5-8,11-12,19-20,25H,1,9-10,13-17H2,2-4H3. The molecule has 0 aliphatic carbocycles. The summed E-state index contributed by atoms with van der Waals surface area (Å²) >= 11 is 0. The molecule has 0 saturated heterocycles.